The Kier molecular flexibility index (Phi) is 6.03. The van der Waals surface area contributed by atoms with Crippen molar-refractivity contribution in [2.75, 3.05) is 23.5 Å². The molecule has 0 atom stereocenters. The normalized spacial score (nSPS) is 10.5. The van der Waals surface area contributed by atoms with Gasteiger partial charge in [-0.15, -0.1) is 6.58 Å². The Morgan fingerprint density at radius 2 is 2.41 bits per heavy atom. The molecular formula is C15H17ClN4OS. The zero-order valence-corrected chi connectivity index (χ0v) is 13.8. The second-order valence-corrected chi connectivity index (χ2v) is 5.84. The van der Waals surface area contributed by atoms with Crippen LogP contribution in [0, 0.1) is 0 Å². The van der Waals surface area contributed by atoms with E-state index in [0.29, 0.717) is 18.7 Å². The maximum absolute atomic E-state index is 12.3. The lowest BCUT2D eigenvalue weighted by atomic mass is 10.3. The lowest BCUT2D eigenvalue weighted by molar-refractivity contribution is -0.118. The molecule has 7 heteroatoms. The van der Waals surface area contributed by atoms with Gasteiger partial charge in [0.25, 0.3) is 0 Å². The van der Waals surface area contributed by atoms with E-state index in [0.717, 1.165) is 11.4 Å². The SMILES string of the molecule is C=CCN(C(=O)CCSC)c1cn(-c2cccnc2)nc1Cl. The highest BCUT2D eigenvalue weighted by Gasteiger charge is 2.20. The molecule has 0 unspecified atom stereocenters. The van der Waals surface area contributed by atoms with E-state index >= 15 is 0 Å². The van der Waals surface area contributed by atoms with Crippen LogP contribution in [0.25, 0.3) is 5.69 Å². The molecule has 0 spiro atoms. The molecule has 0 aliphatic rings. The molecule has 0 fully saturated rings. The van der Waals surface area contributed by atoms with E-state index in [-0.39, 0.29) is 11.1 Å². The summed E-state index contributed by atoms with van der Waals surface area (Å²) < 4.78 is 1.61. The van der Waals surface area contributed by atoms with Crippen LogP contribution >= 0.6 is 23.4 Å². The number of hydrogen-bond donors (Lipinski definition) is 0. The first-order chi connectivity index (χ1) is 10.7. The lowest BCUT2D eigenvalue weighted by Crippen LogP contribution is -2.31. The Hall–Kier alpha value is -1.79. The first kappa shape index (κ1) is 16.6. The third-order valence-corrected chi connectivity index (χ3v) is 3.87. The monoisotopic (exact) mass is 336 g/mol. The fourth-order valence-electron chi connectivity index (χ4n) is 1.93. The van der Waals surface area contributed by atoms with E-state index in [1.165, 1.54) is 0 Å². The van der Waals surface area contributed by atoms with Crippen molar-refractivity contribution in [3.63, 3.8) is 0 Å². The van der Waals surface area contributed by atoms with E-state index in [1.807, 2.05) is 18.4 Å². The van der Waals surface area contributed by atoms with Crippen molar-refractivity contribution in [2.24, 2.45) is 0 Å². The highest BCUT2D eigenvalue weighted by atomic mass is 35.5. The summed E-state index contributed by atoms with van der Waals surface area (Å²) in [4.78, 5) is 18.0. The van der Waals surface area contributed by atoms with E-state index < -0.39 is 0 Å². The average Bonchev–Trinajstić information content (AvgIpc) is 2.93. The number of carbonyl (C=O) groups excluding carboxylic acids is 1. The Labute approximate surface area is 139 Å². The van der Waals surface area contributed by atoms with Crippen LogP contribution in [0.4, 0.5) is 5.69 Å². The molecule has 5 nitrogen and oxygen atoms in total. The van der Waals surface area contributed by atoms with Crippen molar-refractivity contribution >= 4 is 35.0 Å². The van der Waals surface area contributed by atoms with Gasteiger partial charge in [0.2, 0.25) is 5.91 Å². The third kappa shape index (κ3) is 3.90. The van der Waals surface area contributed by atoms with Crippen molar-refractivity contribution in [2.45, 2.75) is 6.42 Å². The lowest BCUT2D eigenvalue weighted by Gasteiger charge is -2.19. The third-order valence-electron chi connectivity index (χ3n) is 2.99. The minimum atomic E-state index is 0.00175. The summed E-state index contributed by atoms with van der Waals surface area (Å²) in [5, 5.41) is 4.54. The number of nitrogens with zero attached hydrogens (tertiary/aromatic N) is 4. The smallest absolute Gasteiger partial charge is 0.228 e. The highest BCUT2D eigenvalue weighted by molar-refractivity contribution is 7.98. The molecule has 0 aliphatic carbocycles. The summed E-state index contributed by atoms with van der Waals surface area (Å²) in [5.74, 6) is 0.766. The molecule has 0 aliphatic heterocycles. The standard InChI is InChI=1S/C15H17ClN4OS/c1-3-8-19(14(21)6-9-22-2)13-11-20(18-15(13)16)12-5-4-7-17-10-12/h3-5,7,10-11H,1,6,8-9H2,2H3. The maximum atomic E-state index is 12.3. The van der Waals surface area contributed by atoms with Crippen LogP contribution in [0.2, 0.25) is 5.15 Å². The molecule has 0 N–H and O–H groups in total. The summed E-state index contributed by atoms with van der Waals surface area (Å²) in [7, 11) is 0. The number of anilines is 1. The average molecular weight is 337 g/mol. The number of carbonyl (C=O) groups is 1. The van der Waals surface area contributed by atoms with Gasteiger partial charge in [-0.2, -0.15) is 16.9 Å². The Balaban J connectivity index is 2.30. The number of hydrogen-bond acceptors (Lipinski definition) is 4. The number of amides is 1. The minimum absolute atomic E-state index is 0.00175. The molecule has 0 bridgehead atoms. The van der Waals surface area contributed by atoms with Gasteiger partial charge in [0.1, 0.15) is 5.69 Å². The summed E-state index contributed by atoms with van der Waals surface area (Å²) in [5.41, 5.74) is 1.36. The van der Waals surface area contributed by atoms with Crippen molar-refractivity contribution < 1.29 is 4.79 Å². The van der Waals surface area contributed by atoms with Crippen molar-refractivity contribution in [3.05, 3.63) is 48.5 Å². The first-order valence-electron chi connectivity index (χ1n) is 6.73. The molecule has 0 saturated carbocycles. The molecule has 2 rings (SSSR count). The molecule has 22 heavy (non-hydrogen) atoms. The molecule has 0 radical (unpaired) electrons. The molecule has 2 heterocycles. The fraction of sp³-hybridized carbons (Fsp3) is 0.267. The van der Waals surface area contributed by atoms with Gasteiger partial charge in [-0.05, 0) is 18.4 Å². The van der Waals surface area contributed by atoms with Crippen LogP contribution in [0.15, 0.2) is 43.4 Å². The molecule has 1 amide bonds. The van der Waals surface area contributed by atoms with Gasteiger partial charge >= 0.3 is 0 Å². The van der Waals surface area contributed by atoms with Gasteiger partial charge in [-0.3, -0.25) is 9.78 Å². The van der Waals surface area contributed by atoms with Crippen LogP contribution in [0.5, 0.6) is 0 Å². The van der Waals surface area contributed by atoms with Gasteiger partial charge in [-0.1, -0.05) is 17.7 Å². The van der Waals surface area contributed by atoms with Gasteiger partial charge < -0.3 is 4.90 Å². The summed E-state index contributed by atoms with van der Waals surface area (Å²) in [6.07, 6.45) is 9.20. The number of aromatic nitrogens is 3. The Morgan fingerprint density at radius 1 is 1.59 bits per heavy atom. The first-order valence-corrected chi connectivity index (χ1v) is 8.50. The van der Waals surface area contributed by atoms with Crippen LogP contribution in [0.1, 0.15) is 6.42 Å². The zero-order valence-electron chi connectivity index (χ0n) is 12.3. The highest BCUT2D eigenvalue weighted by Crippen LogP contribution is 2.26. The predicted octanol–water partition coefficient (Wildman–Crippen LogP) is 3.19. The fourth-order valence-corrected chi connectivity index (χ4v) is 2.55. The largest absolute Gasteiger partial charge is 0.304 e. The number of halogens is 1. The Bertz CT molecular complexity index is 644. The van der Waals surface area contributed by atoms with Crippen LogP contribution < -0.4 is 4.90 Å². The topological polar surface area (TPSA) is 51.0 Å². The minimum Gasteiger partial charge on any atom is -0.304 e. The van der Waals surface area contributed by atoms with Crippen LogP contribution in [-0.2, 0) is 4.79 Å². The zero-order chi connectivity index (χ0) is 15.9. The van der Waals surface area contributed by atoms with Crippen molar-refractivity contribution in [1.82, 2.24) is 14.8 Å². The van der Waals surface area contributed by atoms with E-state index in [4.69, 9.17) is 11.6 Å². The van der Waals surface area contributed by atoms with E-state index in [2.05, 4.69) is 16.7 Å². The summed E-state index contributed by atoms with van der Waals surface area (Å²) >= 11 is 7.85. The molecule has 116 valence electrons. The molecule has 0 saturated heterocycles. The second-order valence-electron chi connectivity index (χ2n) is 4.50. The summed E-state index contributed by atoms with van der Waals surface area (Å²) in [6, 6.07) is 3.68. The predicted molar refractivity (Wildman–Crippen MR) is 91.9 cm³/mol. The maximum Gasteiger partial charge on any atom is 0.228 e. The molecular weight excluding hydrogens is 320 g/mol. The van der Waals surface area contributed by atoms with Crippen LogP contribution in [0.3, 0.4) is 0 Å². The number of rotatable bonds is 7. The van der Waals surface area contributed by atoms with Crippen LogP contribution in [-0.4, -0.2) is 39.2 Å². The molecule has 2 aromatic rings. The molecule has 2 aromatic heterocycles. The van der Waals surface area contributed by atoms with Gasteiger partial charge in [-0.25, -0.2) is 4.68 Å². The van der Waals surface area contributed by atoms with Gasteiger partial charge in [0.15, 0.2) is 5.15 Å². The van der Waals surface area contributed by atoms with E-state index in [9.17, 15) is 4.79 Å². The van der Waals surface area contributed by atoms with Gasteiger partial charge in [0.05, 0.1) is 18.1 Å². The second kappa shape index (κ2) is 8.00. The molecule has 0 aromatic carbocycles. The Morgan fingerprint density at radius 3 is 3.05 bits per heavy atom. The summed E-state index contributed by atoms with van der Waals surface area (Å²) in [6.45, 7) is 4.10. The number of thioether (sulfide) groups is 1. The van der Waals surface area contributed by atoms with E-state index in [1.54, 1.807) is 46.0 Å². The quantitative estimate of drug-likeness (QED) is 0.729. The van der Waals surface area contributed by atoms with Crippen molar-refractivity contribution in [3.8, 4) is 5.69 Å². The number of pyridine rings is 1. The van der Waals surface area contributed by atoms with Crippen molar-refractivity contribution in [1.29, 1.82) is 0 Å². The van der Waals surface area contributed by atoms with Gasteiger partial charge in [0, 0.05) is 24.9 Å².